The van der Waals surface area contributed by atoms with E-state index in [1.165, 1.54) is 0 Å². The Bertz CT molecular complexity index is 341. The molecule has 1 aromatic rings. The quantitative estimate of drug-likeness (QED) is 0.790. The fourth-order valence-corrected chi connectivity index (χ4v) is 1.63. The Morgan fingerprint density at radius 3 is 2.50 bits per heavy atom. The third-order valence-corrected chi connectivity index (χ3v) is 3.10. The van der Waals surface area contributed by atoms with Crippen molar-refractivity contribution >= 4 is 5.95 Å². The molecule has 0 saturated carbocycles. The first-order chi connectivity index (χ1) is 8.58. The zero-order valence-electron chi connectivity index (χ0n) is 11.8. The van der Waals surface area contributed by atoms with Crippen molar-refractivity contribution in [1.29, 1.82) is 0 Å². The number of hydrogen-bond acceptors (Lipinski definition) is 5. The largest absolute Gasteiger partial charge is 0.383 e. The SMILES string of the molecule is CCC(N)Cc1cnc(N(C)C(C)COC)nc1. The van der Waals surface area contributed by atoms with E-state index in [9.17, 15) is 0 Å². The van der Waals surface area contributed by atoms with E-state index in [0.717, 1.165) is 18.4 Å². The van der Waals surface area contributed by atoms with Gasteiger partial charge in [0.2, 0.25) is 5.95 Å². The first kappa shape index (κ1) is 14.9. The van der Waals surface area contributed by atoms with Gasteiger partial charge in [-0.25, -0.2) is 9.97 Å². The minimum atomic E-state index is 0.185. The van der Waals surface area contributed by atoms with E-state index < -0.39 is 0 Å². The molecule has 0 bridgehead atoms. The summed E-state index contributed by atoms with van der Waals surface area (Å²) in [6.45, 7) is 4.82. The third kappa shape index (κ3) is 4.23. The average Bonchev–Trinajstić information content (AvgIpc) is 2.39. The highest BCUT2D eigenvalue weighted by Crippen LogP contribution is 2.10. The van der Waals surface area contributed by atoms with Crippen molar-refractivity contribution in [1.82, 2.24) is 9.97 Å². The number of aromatic nitrogens is 2. The zero-order chi connectivity index (χ0) is 13.5. The van der Waals surface area contributed by atoms with Gasteiger partial charge >= 0.3 is 0 Å². The molecule has 0 saturated heterocycles. The highest BCUT2D eigenvalue weighted by molar-refractivity contribution is 5.30. The van der Waals surface area contributed by atoms with Crippen LogP contribution in [0.1, 0.15) is 25.8 Å². The van der Waals surface area contributed by atoms with Crippen molar-refractivity contribution in [3.63, 3.8) is 0 Å². The fourth-order valence-electron chi connectivity index (χ4n) is 1.63. The van der Waals surface area contributed by atoms with Crippen LogP contribution in [0.2, 0.25) is 0 Å². The van der Waals surface area contributed by atoms with E-state index in [1.807, 2.05) is 24.3 Å². The summed E-state index contributed by atoms with van der Waals surface area (Å²) in [5, 5.41) is 0. The van der Waals surface area contributed by atoms with Gasteiger partial charge in [0.15, 0.2) is 0 Å². The van der Waals surface area contributed by atoms with E-state index in [0.29, 0.717) is 12.6 Å². The van der Waals surface area contributed by atoms with Crippen molar-refractivity contribution in [2.24, 2.45) is 5.73 Å². The summed E-state index contributed by atoms with van der Waals surface area (Å²) in [5.74, 6) is 0.716. The maximum Gasteiger partial charge on any atom is 0.225 e. The Balaban J connectivity index is 2.64. The van der Waals surface area contributed by atoms with Crippen LogP contribution in [0.3, 0.4) is 0 Å². The monoisotopic (exact) mass is 252 g/mol. The van der Waals surface area contributed by atoms with Crippen molar-refractivity contribution in [2.45, 2.75) is 38.8 Å². The second-order valence-corrected chi connectivity index (χ2v) is 4.68. The van der Waals surface area contributed by atoms with Crippen LogP contribution < -0.4 is 10.6 Å². The second-order valence-electron chi connectivity index (χ2n) is 4.68. The van der Waals surface area contributed by atoms with Crippen LogP contribution in [0, 0.1) is 0 Å². The van der Waals surface area contributed by atoms with Gasteiger partial charge in [-0.15, -0.1) is 0 Å². The van der Waals surface area contributed by atoms with Gasteiger partial charge in [0.25, 0.3) is 0 Å². The lowest BCUT2D eigenvalue weighted by molar-refractivity contribution is 0.183. The molecule has 0 radical (unpaired) electrons. The Morgan fingerprint density at radius 1 is 1.39 bits per heavy atom. The van der Waals surface area contributed by atoms with E-state index in [2.05, 4.69) is 23.8 Å². The molecule has 0 spiro atoms. The first-order valence-corrected chi connectivity index (χ1v) is 6.36. The molecule has 5 heteroatoms. The molecule has 102 valence electrons. The minimum Gasteiger partial charge on any atom is -0.383 e. The second kappa shape index (κ2) is 7.28. The smallest absolute Gasteiger partial charge is 0.225 e. The Morgan fingerprint density at radius 2 is 2.00 bits per heavy atom. The van der Waals surface area contributed by atoms with Gasteiger partial charge < -0.3 is 15.4 Å². The van der Waals surface area contributed by atoms with Crippen molar-refractivity contribution < 1.29 is 4.74 Å². The summed E-state index contributed by atoms with van der Waals surface area (Å²) in [6, 6.07) is 0.434. The maximum atomic E-state index is 5.91. The van der Waals surface area contributed by atoms with Crippen molar-refractivity contribution in [3.8, 4) is 0 Å². The molecule has 18 heavy (non-hydrogen) atoms. The van der Waals surface area contributed by atoms with Gasteiger partial charge in [-0.3, -0.25) is 0 Å². The number of nitrogens with two attached hydrogens (primary N) is 1. The summed E-state index contributed by atoms with van der Waals surface area (Å²) < 4.78 is 5.12. The van der Waals surface area contributed by atoms with E-state index in [4.69, 9.17) is 10.5 Å². The van der Waals surface area contributed by atoms with Gasteiger partial charge in [-0.1, -0.05) is 6.92 Å². The molecular weight excluding hydrogens is 228 g/mol. The lowest BCUT2D eigenvalue weighted by Crippen LogP contribution is -2.34. The van der Waals surface area contributed by atoms with Crippen LogP contribution in [-0.4, -0.2) is 42.8 Å². The van der Waals surface area contributed by atoms with Crippen LogP contribution >= 0.6 is 0 Å². The molecule has 0 aliphatic heterocycles. The van der Waals surface area contributed by atoms with Gasteiger partial charge in [0.1, 0.15) is 0 Å². The van der Waals surface area contributed by atoms with Crippen LogP contribution in [0.15, 0.2) is 12.4 Å². The average molecular weight is 252 g/mol. The van der Waals surface area contributed by atoms with Crippen LogP contribution in [-0.2, 0) is 11.2 Å². The zero-order valence-corrected chi connectivity index (χ0v) is 11.8. The molecule has 2 atom stereocenters. The fraction of sp³-hybridized carbons (Fsp3) is 0.692. The lowest BCUT2D eigenvalue weighted by atomic mass is 10.1. The lowest BCUT2D eigenvalue weighted by Gasteiger charge is -2.24. The number of ether oxygens (including phenoxy) is 1. The summed E-state index contributed by atoms with van der Waals surface area (Å²) in [6.07, 6.45) is 5.50. The Labute approximate surface area is 109 Å². The number of nitrogens with zero attached hydrogens (tertiary/aromatic N) is 3. The topological polar surface area (TPSA) is 64.3 Å². The number of likely N-dealkylation sites (N-methyl/N-ethyl adjacent to an activating group) is 1. The summed E-state index contributed by atoms with van der Waals surface area (Å²) in [4.78, 5) is 10.8. The van der Waals surface area contributed by atoms with Gasteiger partial charge in [-0.05, 0) is 25.3 Å². The summed E-state index contributed by atoms with van der Waals surface area (Å²) >= 11 is 0. The summed E-state index contributed by atoms with van der Waals surface area (Å²) in [7, 11) is 3.66. The third-order valence-electron chi connectivity index (χ3n) is 3.10. The van der Waals surface area contributed by atoms with Gasteiger partial charge in [0.05, 0.1) is 12.6 Å². The normalized spacial score (nSPS) is 14.3. The van der Waals surface area contributed by atoms with E-state index >= 15 is 0 Å². The molecule has 0 aliphatic rings. The highest BCUT2D eigenvalue weighted by Gasteiger charge is 2.12. The molecule has 0 aliphatic carbocycles. The molecule has 1 aromatic heterocycles. The molecule has 0 amide bonds. The van der Waals surface area contributed by atoms with Crippen LogP contribution in [0.25, 0.3) is 0 Å². The van der Waals surface area contributed by atoms with E-state index in [1.54, 1.807) is 7.11 Å². The molecule has 2 unspecified atom stereocenters. The maximum absolute atomic E-state index is 5.91. The molecular formula is C13H24N4O. The molecule has 0 aromatic carbocycles. The van der Waals surface area contributed by atoms with Gasteiger partial charge in [-0.2, -0.15) is 0 Å². The number of anilines is 1. The van der Waals surface area contributed by atoms with Crippen LogP contribution in [0.5, 0.6) is 0 Å². The molecule has 1 rings (SSSR count). The van der Waals surface area contributed by atoms with Crippen LogP contribution in [0.4, 0.5) is 5.95 Å². The minimum absolute atomic E-state index is 0.185. The number of rotatable bonds is 7. The molecule has 5 nitrogen and oxygen atoms in total. The van der Waals surface area contributed by atoms with Crippen molar-refractivity contribution in [3.05, 3.63) is 18.0 Å². The van der Waals surface area contributed by atoms with Gasteiger partial charge in [0, 0.05) is 32.6 Å². The van der Waals surface area contributed by atoms with Crippen molar-refractivity contribution in [2.75, 3.05) is 25.7 Å². The Hall–Kier alpha value is -1.20. The number of methoxy groups -OCH3 is 1. The first-order valence-electron chi connectivity index (χ1n) is 6.36. The molecule has 2 N–H and O–H groups in total. The summed E-state index contributed by atoms with van der Waals surface area (Å²) in [5.41, 5.74) is 6.99. The van der Waals surface area contributed by atoms with E-state index in [-0.39, 0.29) is 12.1 Å². The standard InChI is InChI=1S/C13H24N4O/c1-5-12(14)6-11-7-15-13(16-8-11)17(3)10(2)9-18-4/h7-8,10,12H,5-6,9,14H2,1-4H3. The predicted octanol–water partition coefficient (Wildman–Crippen LogP) is 1.23. The number of hydrogen-bond donors (Lipinski definition) is 1. The molecule has 0 fully saturated rings. The highest BCUT2D eigenvalue weighted by atomic mass is 16.5. The Kier molecular flexibility index (Phi) is 6.01. The predicted molar refractivity (Wildman–Crippen MR) is 73.7 cm³/mol. The molecule has 1 heterocycles.